The topological polar surface area (TPSA) is 81.4 Å². The SMILES string of the molecule is NC(=O)[C@@H](NC(=O)[C@H]1CCCO1)C1CCCCC1. The Labute approximate surface area is 107 Å². The quantitative estimate of drug-likeness (QED) is 0.775. The molecule has 1 saturated heterocycles. The molecular formula is C13H22N2O3. The first-order valence-electron chi connectivity index (χ1n) is 6.90. The van der Waals surface area contributed by atoms with Crippen molar-refractivity contribution in [1.82, 2.24) is 5.32 Å². The lowest BCUT2D eigenvalue weighted by Gasteiger charge is -2.29. The van der Waals surface area contributed by atoms with E-state index >= 15 is 0 Å². The van der Waals surface area contributed by atoms with Gasteiger partial charge in [0.15, 0.2) is 0 Å². The molecule has 3 N–H and O–H groups in total. The zero-order valence-electron chi connectivity index (χ0n) is 10.7. The summed E-state index contributed by atoms with van der Waals surface area (Å²) < 4.78 is 5.32. The zero-order chi connectivity index (χ0) is 13.0. The summed E-state index contributed by atoms with van der Waals surface area (Å²) in [5.41, 5.74) is 5.42. The molecule has 0 aromatic carbocycles. The van der Waals surface area contributed by atoms with Crippen LogP contribution in [0.5, 0.6) is 0 Å². The van der Waals surface area contributed by atoms with Crippen LogP contribution in [0.2, 0.25) is 0 Å². The Bertz CT molecular complexity index is 307. The molecule has 0 aromatic heterocycles. The van der Waals surface area contributed by atoms with Crippen molar-refractivity contribution in [2.24, 2.45) is 11.7 Å². The molecule has 0 unspecified atom stereocenters. The molecule has 1 saturated carbocycles. The molecule has 2 amide bonds. The molecule has 0 aromatic rings. The van der Waals surface area contributed by atoms with Gasteiger partial charge in [-0.3, -0.25) is 9.59 Å². The van der Waals surface area contributed by atoms with Gasteiger partial charge in [0.25, 0.3) is 0 Å². The Morgan fingerprint density at radius 3 is 2.39 bits per heavy atom. The van der Waals surface area contributed by atoms with E-state index in [2.05, 4.69) is 5.32 Å². The second-order valence-electron chi connectivity index (χ2n) is 5.29. The minimum atomic E-state index is -0.526. The molecule has 2 rings (SSSR count). The number of nitrogens with one attached hydrogen (secondary N) is 1. The Balaban J connectivity index is 1.92. The fourth-order valence-corrected chi connectivity index (χ4v) is 2.92. The number of amides is 2. The van der Waals surface area contributed by atoms with E-state index in [-0.39, 0.29) is 11.8 Å². The highest BCUT2D eigenvalue weighted by Crippen LogP contribution is 2.26. The molecule has 2 aliphatic rings. The Kier molecular flexibility index (Phi) is 4.58. The zero-order valence-corrected chi connectivity index (χ0v) is 10.7. The van der Waals surface area contributed by atoms with Gasteiger partial charge in [-0.05, 0) is 31.6 Å². The average Bonchev–Trinajstić information content (AvgIpc) is 2.90. The second-order valence-corrected chi connectivity index (χ2v) is 5.29. The van der Waals surface area contributed by atoms with Crippen molar-refractivity contribution >= 4 is 11.8 Å². The number of ether oxygens (including phenoxy) is 1. The van der Waals surface area contributed by atoms with Crippen molar-refractivity contribution in [3.8, 4) is 0 Å². The molecule has 102 valence electrons. The van der Waals surface area contributed by atoms with Gasteiger partial charge >= 0.3 is 0 Å². The Hall–Kier alpha value is -1.10. The summed E-state index contributed by atoms with van der Waals surface area (Å²) in [5, 5.41) is 2.79. The van der Waals surface area contributed by atoms with Crippen LogP contribution in [0.25, 0.3) is 0 Å². The van der Waals surface area contributed by atoms with Gasteiger partial charge in [0.05, 0.1) is 0 Å². The van der Waals surface area contributed by atoms with Crippen molar-refractivity contribution in [1.29, 1.82) is 0 Å². The number of primary amides is 1. The molecule has 0 bridgehead atoms. The van der Waals surface area contributed by atoms with E-state index in [1.54, 1.807) is 0 Å². The number of carbonyl (C=O) groups is 2. The van der Waals surface area contributed by atoms with Crippen LogP contribution >= 0.6 is 0 Å². The molecule has 1 heterocycles. The molecule has 18 heavy (non-hydrogen) atoms. The van der Waals surface area contributed by atoms with Crippen molar-refractivity contribution < 1.29 is 14.3 Å². The second kappa shape index (κ2) is 6.18. The molecule has 1 aliphatic carbocycles. The van der Waals surface area contributed by atoms with Crippen LogP contribution in [0.1, 0.15) is 44.9 Å². The molecule has 2 fully saturated rings. The van der Waals surface area contributed by atoms with E-state index in [9.17, 15) is 9.59 Å². The summed E-state index contributed by atoms with van der Waals surface area (Å²) in [4.78, 5) is 23.5. The normalized spacial score (nSPS) is 26.8. The first-order valence-corrected chi connectivity index (χ1v) is 6.90. The minimum Gasteiger partial charge on any atom is -0.368 e. The average molecular weight is 254 g/mol. The van der Waals surface area contributed by atoms with Gasteiger partial charge in [-0.2, -0.15) is 0 Å². The van der Waals surface area contributed by atoms with Crippen molar-refractivity contribution in [3.63, 3.8) is 0 Å². The molecule has 5 heteroatoms. The van der Waals surface area contributed by atoms with Gasteiger partial charge in [0.1, 0.15) is 12.1 Å². The highest BCUT2D eigenvalue weighted by Gasteiger charge is 2.32. The third-order valence-electron chi connectivity index (χ3n) is 3.95. The predicted molar refractivity (Wildman–Crippen MR) is 66.7 cm³/mol. The molecular weight excluding hydrogens is 232 g/mol. The lowest BCUT2D eigenvalue weighted by atomic mass is 9.83. The predicted octanol–water partition coefficient (Wildman–Crippen LogP) is 0.716. The van der Waals surface area contributed by atoms with Crippen LogP contribution < -0.4 is 11.1 Å². The van der Waals surface area contributed by atoms with Crippen LogP contribution in [0.3, 0.4) is 0 Å². The molecule has 2 atom stereocenters. The Morgan fingerprint density at radius 2 is 1.83 bits per heavy atom. The van der Waals surface area contributed by atoms with E-state index in [1.807, 2.05) is 0 Å². The summed E-state index contributed by atoms with van der Waals surface area (Å²) in [6.45, 7) is 0.628. The molecule has 5 nitrogen and oxygen atoms in total. The van der Waals surface area contributed by atoms with Crippen LogP contribution in [0.15, 0.2) is 0 Å². The highest BCUT2D eigenvalue weighted by atomic mass is 16.5. The smallest absolute Gasteiger partial charge is 0.249 e. The highest BCUT2D eigenvalue weighted by molar-refractivity contribution is 5.88. The fraction of sp³-hybridized carbons (Fsp3) is 0.846. The van der Waals surface area contributed by atoms with Gasteiger partial charge < -0.3 is 15.8 Å². The van der Waals surface area contributed by atoms with Crippen molar-refractivity contribution in [2.45, 2.75) is 57.1 Å². The summed E-state index contributed by atoms with van der Waals surface area (Å²) in [6, 6.07) is -0.526. The molecule has 0 spiro atoms. The van der Waals surface area contributed by atoms with E-state index in [0.29, 0.717) is 6.61 Å². The van der Waals surface area contributed by atoms with Gasteiger partial charge in [0, 0.05) is 6.61 Å². The number of hydrogen-bond acceptors (Lipinski definition) is 3. The number of carbonyl (C=O) groups excluding carboxylic acids is 2. The standard InChI is InChI=1S/C13H22N2O3/c14-12(16)11(9-5-2-1-3-6-9)15-13(17)10-7-4-8-18-10/h9-11H,1-8H2,(H2,14,16)(H,15,17)/t10-,11+/m1/s1. The number of rotatable bonds is 4. The van der Waals surface area contributed by atoms with Crippen molar-refractivity contribution in [3.05, 3.63) is 0 Å². The van der Waals surface area contributed by atoms with E-state index in [4.69, 9.17) is 10.5 Å². The third-order valence-corrected chi connectivity index (χ3v) is 3.95. The number of nitrogens with two attached hydrogens (primary N) is 1. The lowest BCUT2D eigenvalue weighted by molar-refractivity contribution is -0.134. The van der Waals surface area contributed by atoms with Crippen LogP contribution in [0, 0.1) is 5.92 Å². The molecule has 0 radical (unpaired) electrons. The maximum Gasteiger partial charge on any atom is 0.249 e. The van der Waals surface area contributed by atoms with Crippen LogP contribution in [0.4, 0.5) is 0 Å². The van der Waals surface area contributed by atoms with Gasteiger partial charge in [-0.25, -0.2) is 0 Å². The van der Waals surface area contributed by atoms with Crippen LogP contribution in [-0.2, 0) is 14.3 Å². The summed E-state index contributed by atoms with van der Waals surface area (Å²) in [6.07, 6.45) is 6.63. The van der Waals surface area contributed by atoms with Gasteiger partial charge in [-0.15, -0.1) is 0 Å². The van der Waals surface area contributed by atoms with E-state index in [0.717, 1.165) is 38.5 Å². The van der Waals surface area contributed by atoms with Gasteiger partial charge in [0.2, 0.25) is 11.8 Å². The first kappa shape index (κ1) is 13.3. The summed E-state index contributed by atoms with van der Waals surface area (Å²) in [5.74, 6) is -0.406. The lowest BCUT2D eigenvalue weighted by Crippen LogP contribution is -2.52. The maximum absolute atomic E-state index is 12.0. The molecule has 1 aliphatic heterocycles. The summed E-state index contributed by atoms with van der Waals surface area (Å²) in [7, 11) is 0. The van der Waals surface area contributed by atoms with E-state index < -0.39 is 18.1 Å². The Morgan fingerprint density at radius 1 is 1.11 bits per heavy atom. The van der Waals surface area contributed by atoms with Gasteiger partial charge in [-0.1, -0.05) is 19.3 Å². The maximum atomic E-state index is 12.0. The monoisotopic (exact) mass is 254 g/mol. The van der Waals surface area contributed by atoms with E-state index in [1.165, 1.54) is 6.42 Å². The fourth-order valence-electron chi connectivity index (χ4n) is 2.92. The third kappa shape index (κ3) is 3.22. The van der Waals surface area contributed by atoms with Crippen LogP contribution in [-0.4, -0.2) is 30.6 Å². The largest absolute Gasteiger partial charge is 0.368 e. The number of hydrogen-bond donors (Lipinski definition) is 2. The summed E-state index contributed by atoms with van der Waals surface area (Å²) >= 11 is 0. The minimum absolute atomic E-state index is 0.179. The first-order chi connectivity index (χ1) is 8.68. The van der Waals surface area contributed by atoms with Crippen molar-refractivity contribution in [2.75, 3.05) is 6.61 Å².